The van der Waals surface area contributed by atoms with E-state index in [1.54, 1.807) is 5.01 Å². The molecule has 3 heteroatoms. The van der Waals surface area contributed by atoms with Crippen molar-refractivity contribution in [1.29, 1.82) is 0 Å². The Balaban J connectivity index is 5.02. The third-order valence-electron chi connectivity index (χ3n) is 2.54. The van der Waals surface area contributed by atoms with Crippen LogP contribution in [0.4, 0.5) is 0 Å². The van der Waals surface area contributed by atoms with Gasteiger partial charge in [0.05, 0.1) is 0 Å². The largest absolute Gasteiger partial charge is 0.388 e. The minimum Gasteiger partial charge on any atom is -0.388 e. The van der Waals surface area contributed by atoms with Gasteiger partial charge in [-0.1, -0.05) is 25.2 Å². The Morgan fingerprint density at radius 1 is 1.44 bits per heavy atom. The van der Waals surface area contributed by atoms with Gasteiger partial charge in [-0.15, -0.1) is 0 Å². The molecule has 3 nitrogen and oxygen atoms in total. The molecule has 16 heavy (non-hydrogen) atoms. The molecule has 0 aromatic heterocycles. The SMILES string of the molecule is C\C=C/C(=C\C)C(=C/C(CC)N(C)N)/NC. The zero-order valence-electron chi connectivity index (χ0n) is 11.1. The monoisotopic (exact) mass is 223 g/mol. The molecule has 1 unspecified atom stereocenters. The molecule has 0 bridgehead atoms. The van der Waals surface area contributed by atoms with E-state index in [1.807, 2.05) is 34.0 Å². The third-order valence-corrected chi connectivity index (χ3v) is 2.54. The van der Waals surface area contributed by atoms with Crippen LogP contribution < -0.4 is 11.2 Å². The van der Waals surface area contributed by atoms with E-state index in [-0.39, 0.29) is 6.04 Å². The van der Waals surface area contributed by atoms with Crippen LogP contribution in [-0.2, 0) is 0 Å². The lowest BCUT2D eigenvalue weighted by molar-refractivity contribution is 0.284. The second-order valence-electron chi connectivity index (χ2n) is 3.72. The summed E-state index contributed by atoms with van der Waals surface area (Å²) in [6.45, 7) is 6.18. The van der Waals surface area contributed by atoms with Crippen LogP contribution in [0.1, 0.15) is 27.2 Å². The van der Waals surface area contributed by atoms with E-state index in [9.17, 15) is 0 Å². The highest BCUT2D eigenvalue weighted by atomic mass is 15.4. The van der Waals surface area contributed by atoms with E-state index in [2.05, 4.69) is 30.5 Å². The lowest BCUT2D eigenvalue weighted by atomic mass is 10.1. The molecular weight excluding hydrogens is 198 g/mol. The zero-order chi connectivity index (χ0) is 12.6. The van der Waals surface area contributed by atoms with Gasteiger partial charge in [0.2, 0.25) is 0 Å². The van der Waals surface area contributed by atoms with Crippen LogP contribution in [0.25, 0.3) is 0 Å². The van der Waals surface area contributed by atoms with Gasteiger partial charge in [-0.3, -0.25) is 5.84 Å². The van der Waals surface area contributed by atoms with Crippen LogP contribution in [0.2, 0.25) is 0 Å². The van der Waals surface area contributed by atoms with E-state index in [0.717, 1.165) is 12.1 Å². The molecule has 0 aliphatic rings. The molecule has 1 atom stereocenters. The normalized spacial score (nSPS) is 15.9. The summed E-state index contributed by atoms with van der Waals surface area (Å²) >= 11 is 0. The first-order valence-corrected chi connectivity index (χ1v) is 5.77. The van der Waals surface area contributed by atoms with Crippen molar-refractivity contribution in [3.8, 4) is 0 Å². The van der Waals surface area contributed by atoms with Crippen molar-refractivity contribution in [2.24, 2.45) is 5.84 Å². The Morgan fingerprint density at radius 2 is 2.06 bits per heavy atom. The molecule has 0 saturated carbocycles. The van der Waals surface area contributed by atoms with Crippen molar-refractivity contribution in [3.05, 3.63) is 35.6 Å². The predicted molar refractivity (Wildman–Crippen MR) is 71.7 cm³/mol. The van der Waals surface area contributed by atoms with Crippen LogP contribution >= 0.6 is 0 Å². The average Bonchev–Trinajstić information content (AvgIpc) is 2.28. The maximum atomic E-state index is 5.79. The van der Waals surface area contributed by atoms with Gasteiger partial charge in [-0.25, -0.2) is 5.01 Å². The van der Waals surface area contributed by atoms with Gasteiger partial charge < -0.3 is 5.32 Å². The fourth-order valence-corrected chi connectivity index (χ4v) is 1.56. The quantitative estimate of drug-likeness (QED) is 0.412. The summed E-state index contributed by atoms with van der Waals surface area (Å²) in [7, 11) is 3.82. The molecule has 0 amide bonds. The molecule has 3 N–H and O–H groups in total. The first-order chi connectivity index (χ1) is 7.60. The van der Waals surface area contributed by atoms with Crippen LogP contribution in [0.3, 0.4) is 0 Å². The van der Waals surface area contributed by atoms with E-state index >= 15 is 0 Å². The minimum atomic E-state index is 0.252. The van der Waals surface area contributed by atoms with Crippen molar-refractivity contribution in [2.45, 2.75) is 33.2 Å². The molecule has 0 saturated heterocycles. The van der Waals surface area contributed by atoms with Gasteiger partial charge >= 0.3 is 0 Å². The number of hydrogen-bond acceptors (Lipinski definition) is 3. The van der Waals surface area contributed by atoms with E-state index in [0.29, 0.717) is 0 Å². The number of hydrogen-bond donors (Lipinski definition) is 2. The third kappa shape index (κ3) is 4.64. The summed E-state index contributed by atoms with van der Waals surface area (Å²) in [5, 5.41) is 4.95. The highest BCUT2D eigenvalue weighted by Crippen LogP contribution is 2.11. The lowest BCUT2D eigenvalue weighted by Crippen LogP contribution is -2.36. The van der Waals surface area contributed by atoms with Crippen LogP contribution in [0, 0.1) is 0 Å². The first-order valence-electron chi connectivity index (χ1n) is 5.77. The maximum absolute atomic E-state index is 5.79. The molecule has 0 aromatic rings. The molecule has 0 aromatic carbocycles. The van der Waals surface area contributed by atoms with Gasteiger partial charge in [0, 0.05) is 25.8 Å². The van der Waals surface area contributed by atoms with Gasteiger partial charge in [0.1, 0.15) is 0 Å². The van der Waals surface area contributed by atoms with Crippen molar-refractivity contribution in [3.63, 3.8) is 0 Å². The van der Waals surface area contributed by atoms with E-state index in [1.165, 1.54) is 5.57 Å². The molecule has 0 spiro atoms. The lowest BCUT2D eigenvalue weighted by Gasteiger charge is -2.21. The summed E-state index contributed by atoms with van der Waals surface area (Å²) in [6, 6.07) is 0.252. The number of nitrogens with zero attached hydrogens (tertiary/aromatic N) is 1. The van der Waals surface area contributed by atoms with Crippen molar-refractivity contribution < 1.29 is 0 Å². The standard InChI is InChI=1S/C13H25N3/c1-6-9-11(7-2)13(15-4)10-12(8-3)16(5)14/h6-7,9-10,12,15H,8,14H2,1-5H3/b9-6-,11-7+,13-10-. The summed E-state index contributed by atoms with van der Waals surface area (Å²) in [5.41, 5.74) is 2.30. The molecule has 92 valence electrons. The van der Waals surface area contributed by atoms with Gasteiger partial charge in [0.25, 0.3) is 0 Å². The smallest absolute Gasteiger partial charge is 0.0438 e. The Bertz CT molecular complexity index is 275. The highest BCUT2D eigenvalue weighted by Gasteiger charge is 2.08. The number of likely N-dealkylation sites (N-methyl/N-ethyl adjacent to an activating group) is 2. The molecule has 0 fully saturated rings. The predicted octanol–water partition coefficient (Wildman–Crippen LogP) is 2.20. The number of rotatable bonds is 6. The summed E-state index contributed by atoms with van der Waals surface area (Å²) in [5.74, 6) is 5.79. The van der Waals surface area contributed by atoms with Gasteiger partial charge in [-0.2, -0.15) is 0 Å². The van der Waals surface area contributed by atoms with Crippen LogP contribution in [0.15, 0.2) is 35.6 Å². The Hall–Kier alpha value is -1.06. The Kier molecular flexibility index (Phi) is 7.60. The van der Waals surface area contributed by atoms with E-state index in [4.69, 9.17) is 5.84 Å². The van der Waals surface area contributed by atoms with Gasteiger partial charge in [0.15, 0.2) is 0 Å². The molecule has 0 aliphatic heterocycles. The second kappa shape index (κ2) is 8.13. The van der Waals surface area contributed by atoms with Gasteiger partial charge in [-0.05, 0) is 31.9 Å². The summed E-state index contributed by atoms with van der Waals surface area (Å²) in [4.78, 5) is 0. The molecule has 0 aliphatic carbocycles. The number of hydrazine groups is 1. The summed E-state index contributed by atoms with van der Waals surface area (Å²) in [6.07, 6.45) is 9.37. The van der Waals surface area contributed by atoms with Crippen molar-refractivity contribution in [2.75, 3.05) is 14.1 Å². The van der Waals surface area contributed by atoms with Crippen molar-refractivity contribution in [1.82, 2.24) is 10.3 Å². The van der Waals surface area contributed by atoms with Crippen LogP contribution in [-0.4, -0.2) is 25.1 Å². The first kappa shape index (κ1) is 14.9. The van der Waals surface area contributed by atoms with Crippen LogP contribution in [0.5, 0.6) is 0 Å². The number of allylic oxidation sites excluding steroid dienone is 3. The van der Waals surface area contributed by atoms with E-state index < -0.39 is 0 Å². The molecular formula is C13H25N3. The fraction of sp³-hybridized carbons (Fsp3) is 0.538. The molecule has 0 heterocycles. The van der Waals surface area contributed by atoms with Crippen molar-refractivity contribution >= 4 is 0 Å². The molecule has 0 radical (unpaired) electrons. The average molecular weight is 223 g/mol. The topological polar surface area (TPSA) is 41.3 Å². The highest BCUT2D eigenvalue weighted by molar-refractivity contribution is 5.38. The Labute approximate surface area is 99.7 Å². The zero-order valence-corrected chi connectivity index (χ0v) is 11.1. The molecule has 0 rings (SSSR count). The number of nitrogens with two attached hydrogens (primary N) is 1. The Morgan fingerprint density at radius 3 is 2.38 bits per heavy atom. The fourth-order valence-electron chi connectivity index (χ4n) is 1.56. The number of nitrogens with one attached hydrogen (secondary N) is 1. The summed E-state index contributed by atoms with van der Waals surface area (Å²) < 4.78 is 0. The minimum absolute atomic E-state index is 0.252. The maximum Gasteiger partial charge on any atom is 0.0438 e. The second-order valence-corrected chi connectivity index (χ2v) is 3.72.